The van der Waals surface area contributed by atoms with Crippen molar-refractivity contribution in [1.29, 1.82) is 0 Å². The minimum Gasteiger partial charge on any atom is -0.466 e. The van der Waals surface area contributed by atoms with E-state index in [2.05, 4.69) is 5.32 Å². The van der Waals surface area contributed by atoms with Gasteiger partial charge in [0.2, 0.25) is 0 Å². The highest BCUT2D eigenvalue weighted by Gasteiger charge is 2.44. The first-order valence-electron chi connectivity index (χ1n) is 9.56. The molecule has 1 atom stereocenters. The predicted octanol–water partition coefficient (Wildman–Crippen LogP) is 3.57. The maximum Gasteiger partial charge on any atom is 0.336 e. The van der Waals surface area contributed by atoms with Crippen LogP contribution in [0.4, 0.5) is 0 Å². The number of allylic oxidation sites excluding steroid dienone is 3. The standard InChI is InChI=1S/C23H23NO5/c1-12-18(22(27)28-4)19(20-15(24-12)9-23(2,3)10-16(20)25)14-11-29-17-8-6-5-7-13(17)21(14)26/h5-8,11,19,24H,9-10H2,1-4H3. The van der Waals surface area contributed by atoms with Crippen molar-refractivity contribution in [2.75, 3.05) is 7.11 Å². The van der Waals surface area contributed by atoms with Crippen LogP contribution >= 0.6 is 0 Å². The van der Waals surface area contributed by atoms with Crippen molar-refractivity contribution < 1.29 is 18.7 Å². The van der Waals surface area contributed by atoms with Crippen molar-refractivity contribution in [3.8, 4) is 0 Å². The smallest absolute Gasteiger partial charge is 0.336 e. The van der Waals surface area contributed by atoms with Crippen LogP contribution in [-0.2, 0) is 14.3 Å². The monoisotopic (exact) mass is 393 g/mol. The molecule has 1 unspecified atom stereocenters. The zero-order valence-electron chi connectivity index (χ0n) is 16.9. The Morgan fingerprint density at radius 1 is 1.21 bits per heavy atom. The first-order chi connectivity index (χ1) is 13.7. The van der Waals surface area contributed by atoms with E-state index in [1.54, 1.807) is 31.2 Å². The summed E-state index contributed by atoms with van der Waals surface area (Å²) in [5, 5.41) is 3.64. The normalized spacial score (nSPS) is 21.1. The van der Waals surface area contributed by atoms with Gasteiger partial charge in [0.15, 0.2) is 11.2 Å². The van der Waals surface area contributed by atoms with Gasteiger partial charge in [-0.25, -0.2) is 4.79 Å². The van der Waals surface area contributed by atoms with Crippen LogP contribution in [0.3, 0.4) is 0 Å². The van der Waals surface area contributed by atoms with Gasteiger partial charge in [-0.05, 0) is 30.9 Å². The van der Waals surface area contributed by atoms with E-state index in [0.29, 0.717) is 35.1 Å². The molecule has 0 saturated carbocycles. The van der Waals surface area contributed by atoms with E-state index in [4.69, 9.17) is 9.15 Å². The molecule has 0 amide bonds. The van der Waals surface area contributed by atoms with Crippen LogP contribution in [-0.4, -0.2) is 18.9 Å². The zero-order chi connectivity index (χ0) is 20.9. The first-order valence-corrected chi connectivity index (χ1v) is 9.56. The van der Waals surface area contributed by atoms with Gasteiger partial charge in [0.25, 0.3) is 0 Å². The van der Waals surface area contributed by atoms with E-state index < -0.39 is 11.9 Å². The fraction of sp³-hybridized carbons (Fsp3) is 0.348. The molecule has 0 saturated heterocycles. The SMILES string of the molecule is COC(=O)C1=C(C)NC2=C(C(=O)CC(C)(C)C2)C1c1coc2ccccc2c1=O. The number of fused-ring (bicyclic) bond motifs is 1. The Labute approximate surface area is 168 Å². The number of hydrogen-bond acceptors (Lipinski definition) is 6. The second kappa shape index (κ2) is 6.72. The van der Waals surface area contributed by atoms with Crippen molar-refractivity contribution >= 4 is 22.7 Å². The average Bonchev–Trinajstić information content (AvgIpc) is 2.66. The maximum atomic E-state index is 13.3. The number of dihydropyridines is 1. The quantitative estimate of drug-likeness (QED) is 0.785. The van der Waals surface area contributed by atoms with Gasteiger partial charge >= 0.3 is 5.97 Å². The van der Waals surface area contributed by atoms with Crippen LogP contribution in [0, 0.1) is 5.41 Å². The molecule has 150 valence electrons. The number of methoxy groups -OCH3 is 1. The van der Waals surface area contributed by atoms with Gasteiger partial charge in [0, 0.05) is 29.0 Å². The number of Topliss-reactive ketones (excluding diaryl/α,β-unsaturated/α-hetero) is 1. The maximum absolute atomic E-state index is 13.3. The summed E-state index contributed by atoms with van der Waals surface area (Å²) in [7, 11) is 1.29. The van der Waals surface area contributed by atoms with Crippen LogP contribution in [0.1, 0.15) is 45.1 Å². The molecule has 2 heterocycles. The van der Waals surface area contributed by atoms with Gasteiger partial charge in [0.05, 0.1) is 30.3 Å². The number of benzene rings is 1. The third kappa shape index (κ3) is 3.09. The molecule has 0 spiro atoms. The highest BCUT2D eigenvalue weighted by atomic mass is 16.5. The van der Waals surface area contributed by atoms with Crippen LogP contribution < -0.4 is 10.7 Å². The molecular formula is C23H23NO5. The second-order valence-electron chi connectivity index (χ2n) is 8.44. The number of esters is 1. The Hall–Kier alpha value is -3.15. The number of nitrogens with one attached hydrogen (secondary N) is 1. The Kier molecular flexibility index (Phi) is 4.45. The molecular weight excluding hydrogens is 370 g/mol. The van der Waals surface area contributed by atoms with Crippen molar-refractivity contribution in [2.24, 2.45) is 5.41 Å². The molecule has 2 aromatic rings. The van der Waals surface area contributed by atoms with E-state index >= 15 is 0 Å². The highest BCUT2D eigenvalue weighted by Crippen LogP contribution is 2.46. The second-order valence-corrected chi connectivity index (χ2v) is 8.44. The molecule has 1 aromatic heterocycles. The summed E-state index contributed by atoms with van der Waals surface area (Å²) < 4.78 is 10.7. The Bertz CT molecular complexity index is 1170. The van der Waals surface area contributed by atoms with Gasteiger partial charge < -0.3 is 14.5 Å². The number of rotatable bonds is 2. The number of ketones is 1. The molecule has 1 aliphatic carbocycles. The summed E-state index contributed by atoms with van der Waals surface area (Å²) in [5.74, 6) is -1.46. The first kappa shape index (κ1) is 19.2. The summed E-state index contributed by atoms with van der Waals surface area (Å²) in [6.07, 6.45) is 2.36. The number of ether oxygens (including phenoxy) is 1. The summed E-state index contributed by atoms with van der Waals surface area (Å²) in [4.78, 5) is 39.1. The van der Waals surface area contributed by atoms with Gasteiger partial charge in [0.1, 0.15) is 5.58 Å². The third-order valence-corrected chi connectivity index (χ3v) is 5.66. The van der Waals surface area contributed by atoms with Crippen molar-refractivity contribution in [3.05, 3.63) is 68.9 Å². The van der Waals surface area contributed by atoms with E-state index in [1.807, 2.05) is 13.8 Å². The Balaban J connectivity index is 2.00. The Morgan fingerprint density at radius 2 is 1.93 bits per heavy atom. The van der Waals surface area contributed by atoms with Crippen LogP contribution in [0.15, 0.2) is 62.3 Å². The largest absolute Gasteiger partial charge is 0.466 e. The zero-order valence-corrected chi connectivity index (χ0v) is 16.9. The summed E-state index contributed by atoms with van der Waals surface area (Å²) >= 11 is 0. The number of carbonyl (C=O) groups excluding carboxylic acids is 2. The number of para-hydroxylation sites is 1. The molecule has 6 heteroatoms. The van der Waals surface area contributed by atoms with E-state index in [-0.39, 0.29) is 27.8 Å². The van der Waals surface area contributed by atoms with Gasteiger partial charge in [-0.3, -0.25) is 9.59 Å². The highest BCUT2D eigenvalue weighted by molar-refractivity contribution is 6.04. The van der Waals surface area contributed by atoms with Crippen LogP contribution in [0.2, 0.25) is 0 Å². The number of carbonyl (C=O) groups is 2. The van der Waals surface area contributed by atoms with Crippen LogP contribution in [0.25, 0.3) is 11.0 Å². The third-order valence-electron chi connectivity index (χ3n) is 5.66. The van der Waals surface area contributed by atoms with E-state index in [0.717, 1.165) is 5.70 Å². The summed E-state index contributed by atoms with van der Waals surface area (Å²) in [6, 6.07) is 6.94. The van der Waals surface area contributed by atoms with E-state index in [1.165, 1.54) is 13.4 Å². The topological polar surface area (TPSA) is 85.6 Å². The molecule has 0 bridgehead atoms. The molecule has 0 radical (unpaired) electrons. The van der Waals surface area contributed by atoms with Crippen molar-refractivity contribution in [1.82, 2.24) is 5.32 Å². The lowest BCUT2D eigenvalue weighted by molar-refractivity contribution is -0.136. The van der Waals surface area contributed by atoms with E-state index in [9.17, 15) is 14.4 Å². The van der Waals surface area contributed by atoms with Crippen LogP contribution in [0.5, 0.6) is 0 Å². The van der Waals surface area contributed by atoms with Gasteiger partial charge in [-0.2, -0.15) is 0 Å². The summed E-state index contributed by atoms with van der Waals surface area (Å²) in [6.45, 7) is 5.83. The molecule has 2 aliphatic rings. The Morgan fingerprint density at radius 3 is 2.66 bits per heavy atom. The lowest BCUT2D eigenvalue weighted by atomic mass is 9.68. The predicted molar refractivity (Wildman–Crippen MR) is 108 cm³/mol. The molecule has 0 fully saturated rings. The van der Waals surface area contributed by atoms with Crippen molar-refractivity contribution in [2.45, 2.75) is 39.5 Å². The molecule has 6 nitrogen and oxygen atoms in total. The lowest BCUT2D eigenvalue weighted by Crippen LogP contribution is -2.39. The summed E-state index contributed by atoms with van der Waals surface area (Å²) in [5.41, 5.74) is 2.33. The molecule has 1 N–H and O–H groups in total. The van der Waals surface area contributed by atoms with Crippen molar-refractivity contribution in [3.63, 3.8) is 0 Å². The average molecular weight is 393 g/mol. The molecule has 1 aliphatic heterocycles. The number of hydrogen-bond donors (Lipinski definition) is 1. The molecule has 29 heavy (non-hydrogen) atoms. The fourth-order valence-electron chi connectivity index (χ4n) is 4.42. The minimum absolute atomic E-state index is 0.0739. The van der Waals surface area contributed by atoms with Gasteiger partial charge in [-0.15, -0.1) is 0 Å². The van der Waals surface area contributed by atoms with Gasteiger partial charge in [-0.1, -0.05) is 26.0 Å². The minimum atomic E-state index is -0.817. The molecule has 4 rings (SSSR count). The molecule has 1 aromatic carbocycles. The fourth-order valence-corrected chi connectivity index (χ4v) is 4.42. The lowest BCUT2D eigenvalue weighted by Gasteiger charge is -2.39.